The van der Waals surface area contributed by atoms with E-state index in [0.29, 0.717) is 17.4 Å². The number of ether oxygens (including phenoxy) is 2. The largest absolute Gasteiger partial charge is 0.756 e. The number of phosphoric acid groups is 1. The van der Waals surface area contributed by atoms with Gasteiger partial charge in [0.2, 0.25) is 0 Å². The summed E-state index contributed by atoms with van der Waals surface area (Å²) in [6, 6.07) is 0. The molecule has 0 amide bonds. The number of quaternary nitrogens is 1. The molecule has 502 valence electrons. The first kappa shape index (κ1) is 83.7. The second-order valence-electron chi connectivity index (χ2n) is 25.2. The summed E-state index contributed by atoms with van der Waals surface area (Å²) in [5.74, 6) is -0.827. The standard InChI is InChI=1S/C77H136NO8P/c1-6-8-10-12-14-16-18-20-22-24-26-28-30-32-33-34-35-36-37-38-39-40-41-42-43-44-45-46-48-50-52-54-56-58-60-62-64-66-68-70-77(80)86-75(74-85-87(81,82)84-72-71-78(3,4)5)73-83-76(79)69-67-65-63-61-59-57-55-53-51-49-47-31-29-27-25-23-21-19-17-15-13-11-9-7-2/h8,10,14,16,20,22,26,28,32-33,35-36,38-39,41-42,44-45,75H,6-7,9,11-13,15,17-19,21,23-25,27,29-31,34,37,40,43,46-74H2,1-5H3/b10-8-,16-14-,22-20-,28-26-,33-32-,36-35-,39-38-,42-41-,45-44-. The molecular weight excluding hydrogens is 1100 g/mol. The van der Waals surface area contributed by atoms with Gasteiger partial charge in [-0.15, -0.1) is 0 Å². The van der Waals surface area contributed by atoms with E-state index < -0.39 is 26.5 Å². The SMILES string of the molecule is CC/C=C\C/C=C\C/C=C\C/C=C\C/C=C\C/C=C\C/C=C\C/C=C\C/C=C\CCCCCCCCCCCCCC(=O)OC(COC(=O)CCCCCCCCCCCCCCCCCCCCCCCCCC)COP(=O)([O-])OCC[N+](C)(C)C. The van der Waals surface area contributed by atoms with Gasteiger partial charge in [0.25, 0.3) is 7.82 Å². The maximum absolute atomic E-state index is 12.9. The third kappa shape index (κ3) is 71.6. The normalized spacial score (nSPS) is 13.8. The monoisotopic (exact) mass is 1230 g/mol. The smallest absolute Gasteiger partial charge is 0.306 e. The zero-order chi connectivity index (χ0) is 63.4. The van der Waals surface area contributed by atoms with E-state index in [-0.39, 0.29) is 32.0 Å². The second kappa shape index (κ2) is 67.1. The molecule has 0 heterocycles. The van der Waals surface area contributed by atoms with Crippen molar-refractivity contribution in [3.05, 3.63) is 109 Å². The number of rotatable bonds is 66. The molecule has 9 nitrogen and oxygen atoms in total. The Morgan fingerprint density at radius 3 is 0.977 bits per heavy atom. The lowest BCUT2D eigenvalue weighted by Gasteiger charge is -2.28. The maximum Gasteiger partial charge on any atom is 0.306 e. The summed E-state index contributed by atoms with van der Waals surface area (Å²) >= 11 is 0. The molecule has 0 spiro atoms. The fraction of sp³-hybridized carbons (Fsp3) is 0.740. The van der Waals surface area contributed by atoms with Crippen molar-refractivity contribution in [1.82, 2.24) is 0 Å². The molecule has 0 aliphatic rings. The van der Waals surface area contributed by atoms with Crippen LogP contribution in [-0.2, 0) is 32.7 Å². The van der Waals surface area contributed by atoms with Gasteiger partial charge in [-0.05, 0) is 83.5 Å². The van der Waals surface area contributed by atoms with E-state index in [2.05, 4.69) is 123 Å². The number of phosphoric ester groups is 1. The topological polar surface area (TPSA) is 111 Å². The molecule has 2 unspecified atom stereocenters. The van der Waals surface area contributed by atoms with Crippen LogP contribution in [0.2, 0.25) is 0 Å². The Balaban J connectivity index is 4.05. The Hall–Kier alpha value is -3.33. The molecule has 0 aromatic carbocycles. The van der Waals surface area contributed by atoms with Crippen molar-refractivity contribution in [2.45, 2.75) is 322 Å². The van der Waals surface area contributed by atoms with E-state index in [1.54, 1.807) is 0 Å². The zero-order valence-electron chi connectivity index (χ0n) is 57.2. The number of allylic oxidation sites excluding steroid dienone is 18. The number of hydrogen-bond donors (Lipinski definition) is 0. The molecule has 0 aromatic rings. The van der Waals surface area contributed by atoms with Gasteiger partial charge in [0, 0.05) is 12.8 Å². The molecule has 0 aliphatic carbocycles. The molecule has 0 aliphatic heterocycles. The van der Waals surface area contributed by atoms with Crippen molar-refractivity contribution in [2.24, 2.45) is 0 Å². The summed E-state index contributed by atoms with van der Waals surface area (Å²) in [6.45, 7) is 4.16. The first-order valence-electron chi connectivity index (χ1n) is 36.1. The molecular formula is C77H136NO8P. The number of esters is 2. The number of carbonyl (C=O) groups excluding carboxylic acids is 2. The zero-order valence-corrected chi connectivity index (χ0v) is 58.1. The predicted octanol–water partition coefficient (Wildman–Crippen LogP) is 23.0. The van der Waals surface area contributed by atoms with Gasteiger partial charge in [-0.25, -0.2) is 0 Å². The van der Waals surface area contributed by atoms with Crippen LogP contribution >= 0.6 is 7.82 Å². The van der Waals surface area contributed by atoms with Gasteiger partial charge in [0.1, 0.15) is 19.8 Å². The van der Waals surface area contributed by atoms with Crippen LogP contribution in [0.4, 0.5) is 0 Å². The van der Waals surface area contributed by atoms with Gasteiger partial charge >= 0.3 is 11.9 Å². The summed E-state index contributed by atoms with van der Waals surface area (Å²) in [4.78, 5) is 38.1. The molecule has 0 bridgehead atoms. The van der Waals surface area contributed by atoms with Gasteiger partial charge in [-0.1, -0.05) is 329 Å². The number of unbranched alkanes of at least 4 members (excludes halogenated alkanes) is 34. The van der Waals surface area contributed by atoms with Crippen LogP contribution in [0, 0.1) is 0 Å². The molecule has 0 saturated heterocycles. The van der Waals surface area contributed by atoms with E-state index in [4.69, 9.17) is 18.5 Å². The van der Waals surface area contributed by atoms with Crippen molar-refractivity contribution in [1.29, 1.82) is 0 Å². The fourth-order valence-electron chi connectivity index (χ4n) is 10.1. The highest BCUT2D eigenvalue weighted by Crippen LogP contribution is 2.38. The van der Waals surface area contributed by atoms with E-state index in [1.165, 1.54) is 180 Å². The predicted molar refractivity (Wildman–Crippen MR) is 374 cm³/mol. The number of likely N-dealkylation sites (N-methyl/N-ethyl adjacent to an activating group) is 1. The molecule has 0 fully saturated rings. The van der Waals surface area contributed by atoms with Gasteiger partial charge in [-0.3, -0.25) is 14.2 Å². The van der Waals surface area contributed by atoms with Gasteiger partial charge in [0.05, 0.1) is 27.7 Å². The highest BCUT2D eigenvalue weighted by molar-refractivity contribution is 7.45. The van der Waals surface area contributed by atoms with Crippen molar-refractivity contribution >= 4 is 19.8 Å². The quantitative estimate of drug-likeness (QED) is 0.0195. The molecule has 87 heavy (non-hydrogen) atoms. The highest BCUT2D eigenvalue weighted by Gasteiger charge is 2.22. The van der Waals surface area contributed by atoms with Gasteiger partial charge in [0.15, 0.2) is 6.10 Å². The number of nitrogens with zero attached hydrogens (tertiary/aromatic N) is 1. The van der Waals surface area contributed by atoms with E-state index >= 15 is 0 Å². The van der Waals surface area contributed by atoms with Crippen molar-refractivity contribution in [3.8, 4) is 0 Å². The van der Waals surface area contributed by atoms with Crippen LogP contribution in [0.3, 0.4) is 0 Å². The van der Waals surface area contributed by atoms with E-state index in [1.807, 2.05) is 21.1 Å². The average molecular weight is 1230 g/mol. The van der Waals surface area contributed by atoms with Crippen LogP contribution in [0.5, 0.6) is 0 Å². The minimum absolute atomic E-state index is 0.0336. The maximum atomic E-state index is 12.9. The van der Waals surface area contributed by atoms with Crippen LogP contribution in [0.1, 0.15) is 316 Å². The Kier molecular flexibility index (Phi) is 64.5. The van der Waals surface area contributed by atoms with Crippen LogP contribution in [0.15, 0.2) is 109 Å². The van der Waals surface area contributed by atoms with Gasteiger partial charge < -0.3 is 27.9 Å². The third-order valence-electron chi connectivity index (χ3n) is 15.6. The molecule has 10 heteroatoms. The summed E-state index contributed by atoms with van der Waals surface area (Å²) in [6.07, 6.45) is 94.6. The molecule has 0 N–H and O–H groups in total. The summed E-state index contributed by atoms with van der Waals surface area (Å²) in [5.41, 5.74) is 0. The Labute approximate surface area is 537 Å². The molecule has 0 saturated carbocycles. The lowest BCUT2D eigenvalue weighted by Crippen LogP contribution is -2.37. The Morgan fingerprint density at radius 2 is 0.655 bits per heavy atom. The lowest BCUT2D eigenvalue weighted by molar-refractivity contribution is -0.870. The minimum Gasteiger partial charge on any atom is -0.756 e. The summed E-state index contributed by atoms with van der Waals surface area (Å²) < 4.78 is 34.3. The molecule has 0 aromatic heterocycles. The Morgan fingerprint density at radius 1 is 0.368 bits per heavy atom. The van der Waals surface area contributed by atoms with Crippen molar-refractivity contribution < 1.29 is 42.1 Å². The molecule has 0 radical (unpaired) electrons. The molecule has 2 atom stereocenters. The number of carbonyl (C=O) groups is 2. The first-order chi connectivity index (χ1) is 42.5. The van der Waals surface area contributed by atoms with E-state index in [9.17, 15) is 19.0 Å². The third-order valence-corrected chi connectivity index (χ3v) is 16.5. The van der Waals surface area contributed by atoms with Gasteiger partial charge in [-0.2, -0.15) is 0 Å². The minimum atomic E-state index is -4.65. The van der Waals surface area contributed by atoms with Crippen molar-refractivity contribution in [3.63, 3.8) is 0 Å². The van der Waals surface area contributed by atoms with Crippen LogP contribution in [-0.4, -0.2) is 70.0 Å². The van der Waals surface area contributed by atoms with Crippen molar-refractivity contribution in [2.75, 3.05) is 47.5 Å². The Bertz CT molecular complexity index is 1840. The second-order valence-corrected chi connectivity index (χ2v) is 26.6. The van der Waals surface area contributed by atoms with Crippen LogP contribution in [0.25, 0.3) is 0 Å². The first-order valence-corrected chi connectivity index (χ1v) is 37.6. The number of hydrogen-bond acceptors (Lipinski definition) is 8. The summed E-state index contributed by atoms with van der Waals surface area (Å²) in [5, 5.41) is 0. The lowest BCUT2D eigenvalue weighted by atomic mass is 10.0. The van der Waals surface area contributed by atoms with E-state index in [0.717, 1.165) is 103 Å². The highest BCUT2D eigenvalue weighted by atomic mass is 31.2. The molecule has 0 rings (SSSR count). The fourth-order valence-corrected chi connectivity index (χ4v) is 10.8. The van der Waals surface area contributed by atoms with Crippen LogP contribution < -0.4 is 4.89 Å². The average Bonchev–Trinajstić information content (AvgIpc) is 3.68. The summed E-state index contributed by atoms with van der Waals surface area (Å²) in [7, 11) is 1.17.